The van der Waals surface area contributed by atoms with Crippen LogP contribution in [0.5, 0.6) is 0 Å². The van der Waals surface area contributed by atoms with Crippen molar-refractivity contribution in [1.82, 2.24) is 15.0 Å². The minimum absolute atomic E-state index is 0.216. The van der Waals surface area contributed by atoms with Gasteiger partial charge in [0.05, 0.1) is 12.7 Å². The SMILES string of the molecule is CNc1nc(NC)nc(N(C)[C@H]2C[C@H](O)[C@@H](CO)O2)n1. The molecule has 0 aliphatic carbocycles. The molecule has 3 atom stereocenters. The second kappa shape index (κ2) is 6.16. The molecule has 4 N–H and O–H groups in total. The number of rotatable bonds is 5. The lowest BCUT2D eigenvalue weighted by Gasteiger charge is -2.24. The third-order valence-corrected chi connectivity index (χ3v) is 3.20. The zero-order valence-corrected chi connectivity index (χ0v) is 11.7. The molecule has 20 heavy (non-hydrogen) atoms. The molecule has 112 valence electrons. The Hall–Kier alpha value is -1.71. The molecule has 1 aliphatic heterocycles. The highest BCUT2D eigenvalue weighted by Crippen LogP contribution is 2.25. The number of hydrogen-bond donors (Lipinski definition) is 4. The van der Waals surface area contributed by atoms with E-state index < -0.39 is 12.2 Å². The van der Waals surface area contributed by atoms with Crippen molar-refractivity contribution in [1.29, 1.82) is 0 Å². The molecule has 9 heteroatoms. The molecule has 1 saturated heterocycles. The lowest BCUT2D eigenvalue weighted by Crippen LogP contribution is -2.34. The zero-order valence-electron chi connectivity index (χ0n) is 11.7. The maximum atomic E-state index is 9.77. The van der Waals surface area contributed by atoms with Gasteiger partial charge in [-0.3, -0.25) is 0 Å². The smallest absolute Gasteiger partial charge is 0.233 e. The molecule has 0 spiro atoms. The number of aliphatic hydroxyl groups is 2. The summed E-state index contributed by atoms with van der Waals surface area (Å²) in [5.74, 6) is 1.29. The fourth-order valence-corrected chi connectivity index (χ4v) is 2.00. The molecular formula is C11H20N6O3. The van der Waals surface area contributed by atoms with Crippen molar-refractivity contribution in [3.05, 3.63) is 0 Å². The standard InChI is InChI=1S/C11H20N6O3/c1-12-9-14-10(13-2)16-11(15-9)17(3)8-4-6(19)7(5-18)20-8/h6-8,18-19H,4-5H2,1-3H3,(H2,12,13,14,15,16)/t6-,7+,8+/m0/s1. The van der Waals surface area contributed by atoms with Crippen LogP contribution in [0, 0.1) is 0 Å². The molecule has 0 aromatic carbocycles. The quantitative estimate of drug-likeness (QED) is 0.532. The summed E-state index contributed by atoms with van der Waals surface area (Å²) < 4.78 is 5.57. The van der Waals surface area contributed by atoms with Crippen molar-refractivity contribution in [2.75, 3.05) is 43.3 Å². The topological polar surface area (TPSA) is 116 Å². The molecule has 1 fully saturated rings. The fourth-order valence-electron chi connectivity index (χ4n) is 2.00. The number of ether oxygens (including phenoxy) is 1. The van der Waals surface area contributed by atoms with Crippen molar-refractivity contribution in [3.8, 4) is 0 Å². The number of hydrogen-bond acceptors (Lipinski definition) is 9. The summed E-state index contributed by atoms with van der Waals surface area (Å²) in [5, 5.41) is 24.6. The third-order valence-electron chi connectivity index (χ3n) is 3.20. The molecular weight excluding hydrogens is 264 g/mol. The van der Waals surface area contributed by atoms with Crippen LogP contribution in [-0.2, 0) is 4.74 Å². The number of aromatic nitrogens is 3. The van der Waals surface area contributed by atoms with Gasteiger partial charge < -0.3 is 30.5 Å². The van der Waals surface area contributed by atoms with Crippen LogP contribution in [0.25, 0.3) is 0 Å². The molecule has 1 aromatic rings. The van der Waals surface area contributed by atoms with Crippen LogP contribution in [0.15, 0.2) is 0 Å². The van der Waals surface area contributed by atoms with Gasteiger partial charge in [-0.1, -0.05) is 0 Å². The first kappa shape index (κ1) is 14.7. The number of anilines is 3. The highest BCUT2D eigenvalue weighted by atomic mass is 16.5. The van der Waals surface area contributed by atoms with Crippen LogP contribution in [-0.4, -0.2) is 71.4 Å². The fraction of sp³-hybridized carbons (Fsp3) is 0.727. The first-order valence-corrected chi connectivity index (χ1v) is 6.37. The zero-order chi connectivity index (χ0) is 14.7. The average Bonchev–Trinajstić information content (AvgIpc) is 2.86. The van der Waals surface area contributed by atoms with Crippen molar-refractivity contribution < 1.29 is 14.9 Å². The normalized spacial score (nSPS) is 25.6. The second-order valence-corrected chi connectivity index (χ2v) is 4.51. The first-order valence-electron chi connectivity index (χ1n) is 6.37. The van der Waals surface area contributed by atoms with E-state index in [4.69, 9.17) is 9.84 Å². The average molecular weight is 284 g/mol. The van der Waals surface area contributed by atoms with Gasteiger partial charge in [-0.15, -0.1) is 0 Å². The minimum Gasteiger partial charge on any atom is -0.394 e. The number of aliphatic hydroxyl groups excluding tert-OH is 2. The Morgan fingerprint density at radius 1 is 1.25 bits per heavy atom. The second-order valence-electron chi connectivity index (χ2n) is 4.51. The lowest BCUT2D eigenvalue weighted by atomic mass is 10.2. The molecule has 2 heterocycles. The maximum absolute atomic E-state index is 9.77. The predicted molar refractivity (Wildman–Crippen MR) is 73.7 cm³/mol. The summed E-state index contributed by atoms with van der Waals surface area (Å²) in [5.41, 5.74) is 0. The summed E-state index contributed by atoms with van der Waals surface area (Å²) >= 11 is 0. The van der Waals surface area contributed by atoms with E-state index >= 15 is 0 Å². The van der Waals surface area contributed by atoms with E-state index in [0.717, 1.165) is 0 Å². The highest BCUT2D eigenvalue weighted by molar-refractivity contribution is 5.43. The van der Waals surface area contributed by atoms with Crippen LogP contribution < -0.4 is 15.5 Å². The van der Waals surface area contributed by atoms with Crippen LogP contribution in [0.1, 0.15) is 6.42 Å². The Balaban J connectivity index is 2.18. The monoisotopic (exact) mass is 284 g/mol. The van der Waals surface area contributed by atoms with E-state index in [1.807, 2.05) is 0 Å². The van der Waals surface area contributed by atoms with Gasteiger partial charge in [-0.05, 0) is 0 Å². The van der Waals surface area contributed by atoms with Gasteiger partial charge in [-0.2, -0.15) is 15.0 Å². The molecule has 0 bridgehead atoms. The van der Waals surface area contributed by atoms with Gasteiger partial charge in [-0.25, -0.2) is 0 Å². The molecule has 0 amide bonds. The minimum atomic E-state index is -0.693. The van der Waals surface area contributed by atoms with Crippen LogP contribution in [0.3, 0.4) is 0 Å². The molecule has 1 aliphatic rings. The molecule has 9 nitrogen and oxygen atoms in total. The van der Waals surface area contributed by atoms with Crippen molar-refractivity contribution in [2.45, 2.75) is 24.9 Å². The summed E-state index contributed by atoms with van der Waals surface area (Å²) in [6.07, 6.45) is -1.27. The Morgan fingerprint density at radius 3 is 2.30 bits per heavy atom. The summed E-state index contributed by atoms with van der Waals surface area (Å²) in [7, 11) is 5.21. The van der Waals surface area contributed by atoms with E-state index in [1.54, 1.807) is 26.0 Å². The van der Waals surface area contributed by atoms with Gasteiger partial charge in [0.15, 0.2) is 0 Å². The van der Waals surface area contributed by atoms with E-state index in [-0.39, 0.29) is 12.8 Å². The van der Waals surface area contributed by atoms with Crippen LogP contribution in [0.2, 0.25) is 0 Å². The largest absolute Gasteiger partial charge is 0.394 e. The summed E-state index contributed by atoms with van der Waals surface area (Å²) in [6, 6.07) is 0. The van der Waals surface area contributed by atoms with E-state index in [9.17, 15) is 5.11 Å². The molecule has 0 saturated carbocycles. The van der Waals surface area contributed by atoms with Gasteiger partial charge in [0.2, 0.25) is 17.8 Å². The number of nitrogens with zero attached hydrogens (tertiary/aromatic N) is 4. The lowest BCUT2D eigenvalue weighted by molar-refractivity contribution is -0.0214. The van der Waals surface area contributed by atoms with Crippen molar-refractivity contribution >= 4 is 17.8 Å². The first-order chi connectivity index (χ1) is 9.58. The van der Waals surface area contributed by atoms with Gasteiger partial charge >= 0.3 is 0 Å². The van der Waals surface area contributed by atoms with E-state index in [2.05, 4.69) is 25.6 Å². The molecule has 1 aromatic heterocycles. The van der Waals surface area contributed by atoms with Gasteiger partial charge in [0, 0.05) is 27.6 Å². The predicted octanol–water partition coefficient (Wildman–Crippen LogP) is -1.14. The van der Waals surface area contributed by atoms with E-state index in [1.165, 1.54) is 0 Å². The van der Waals surface area contributed by atoms with Crippen molar-refractivity contribution in [2.24, 2.45) is 0 Å². The van der Waals surface area contributed by atoms with Crippen LogP contribution >= 0.6 is 0 Å². The summed E-state index contributed by atoms with van der Waals surface area (Å²) in [6.45, 7) is -0.216. The Morgan fingerprint density at radius 2 is 1.85 bits per heavy atom. The van der Waals surface area contributed by atoms with Crippen molar-refractivity contribution in [3.63, 3.8) is 0 Å². The molecule has 0 radical (unpaired) electrons. The Bertz CT molecular complexity index is 438. The van der Waals surface area contributed by atoms with Crippen LogP contribution in [0.4, 0.5) is 17.8 Å². The van der Waals surface area contributed by atoms with Gasteiger partial charge in [0.25, 0.3) is 0 Å². The Labute approximate surface area is 117 Å². The Kier molecular flexibility index (Phi) is 4.53. The third kappa shape index (κ3) is 2.89. The maximum Gasteiger partial charge on any atom is 0.233 e. The van der Waals surface area contributed by atoms with Gasteiger partial charge in [0.1, 0.15) is 12.3 Å². The summed E-state index contributed by atoms with van der Waals surface area (Å²) in [4.78, 5) is 14.3. The highest BCUT2D eigenvalue weighted by Gasteiger charge is 2.36. The molecule has 2 rings (SSSR count). The number of nitrogens with one attached hydrogen (secondary N) is 2. The molecule has 0 unspecified atom stereocenters. The van der Waals surface area contributed by atoms with E-state index in [0.29, 0.717) is 24.3 Å².